The summed E-state index contributed by atoms with van der Waals surface area (Å²) in [6, 6.07) is 0. The highest BCUT2D eigenvalue weighted by molar-refractivity contribution is 6.01. The molecule has 0 saturated heterocycles. The molecule has 4 aliphatic rings. The van der Waals surface area contributed by atoms with E-state index in [1.807, 2.05) is 34.6 Å². The number of fused-ring (bicyclic) bond motifs is 4. The van der Waals surface area contributed by atoms with Crippen molar-refractivity contribution in [3.05, 3.63) is 22.8 Å². The van der Waals surface area contributed by atoms with Crippen LogP contribution in [0.5, 0.6) is 0 Å². The van der Waals surface area contributed by atoms with Gasteiger partial charge in [-0.15, -0.1) is 0 Å². The maximum absolute atomic E-state index is 14.0. The van der Waals surface area contributed by atoms with Crippen LogP contribution >= 0.6 is 0 Å². The van der Waals surface area contributed by atoms with E-state index < -0.39 is 45.8 Å². The van der Waals surface area contributed by atoms with Gasteiger partial charge in [-0.25, -0.2) is 0 Å². The summed E-state index contributed by atoms with van der Waals surface area (Å²) in [6.45, 7) is 13.1. The Kier molecular flexibility index (Phi) is 6.56. The Labute approximate surface area is 219 Å². The van der Waals surface area contributed by atoms with Crippen molar-refractivity contribution in [2.24, 2.45) is 39.4 Å². The Balaban J connectivity index is 1.80. The zero-order valence-corrected chi connectivity index (χ0v) is 23.2. The molecule has 7 nitrogen and oxygen atoms in total. The minimum Gasteiger partial charge on any atom is -0.481 e. The van der Waals surface area contributed by atoms with Crippen LogP contribution in [0.4, 0.5) is 0 Å². The minimum absolute atomic E-state index is 0.0379. The summed E-state index contributed by atoms with van der Waals surface area (Å²) < 4.78 is 0. The first kappa shape index (κ1) is 27.9. The quantitative estimate of drug-likeness (QED) is 0.472. The number of aliphatic hydroxyl groups excluding tert-OH is 2. The van der Waals surface area contributed by atoms with Crippen molar-refractivity contribution in [2.75, 3.05) is 0 Å². The van der Waals surface area contributed by atoms with E-state index in [1.54, 1.807) is 0 Å². The highest BCUT2D eigenvalue weighted by atomic mass is 16.4. The van der Waals surface area contributed by atoms with Gasteiger partial charge in [0.2, 0.25) is 0 Å². The lowest BCUT2D eigenvalue weighted by atomic mass is 9.42. The predicted octanol–water partition coefficient (Wildman–Crippen LogP) is 4.05. The molecule has 0 aromatic rings. The molecule has 0 heterocycles. The molecule has 0 spiro atoms. The normalized spacial score (nSPS) is 42.1. The number of ketones is 3. The molecule has 0 radical (unpaired) electrons. The van der Waals surface area contributed by atoms with Crippen molar-refractivity contribution < 1.29 is 34.5 Å². The first-order valence-corrected chi connectivity index (χ1v) is 13.5. The van der Waals surface area contributed by atoms with Gasteiger partial charge < -0.3 is 15.3 Å². The summed E-state index contributed by atoms with van der Waals surface area (Å²) in [5.41, 5.74) is -0.855. The fourth-order valence-electron chi connectivity index (χ4n) is 8.77. The number of carboxylic acids is 1. The number of hydrogen-bond donors (Lipinski definition) is 3. The molecule has 204 valence electrons. The third kappa shape index (κ3) is 3.75. The molecule has 0 aliphatic heterocycles. The topological polar surface area (TPSA) is 129 Å². The van der Waals surface area contributed by atoms with Gasteiger partial charge in [0.15, 0.2) is 11.6 Å². The zero-order chi connectivity index (χ0) is 27.9. The molecule has 3 N–H and O–H groups in total. The van der Waals surface area contributed by atoms with Gasteiger partial charge in [-0.2, -0.15) is 0 Å². The average molecular weight is 515 g/mol. The summed E-state index contributed by atoms with van der Waals surface area (Å²) >= 11 is 0. The van der Waals surface area contributed by atoms with E-state index in [0.29, 0.717) is 36.8 Å². The van der Waals surface area contributed by atoms with E-state index >= 15 is 0 Å². The van der Waals surface area contributed by atoms with Crippen molar-refractivity contribution >= 4 is 23.3 Å². The van der Waals surface area contributed by atoms with Gasteiger partial charge in [-0.05, 0) is 55.1 Å². The SMILES string of the molecule is C/C(=C/C(=O)CC(C)C(=O)O)C1CC(O)C2(C)C3=C(C(=O)CC12C)C1(C)CCC(=O)C(C)(C)C1CC3O. The molecule has 0 bridgehead atoms. The summed E-state index contributed by atoms with van der Waals surface area (Å²) in [4.78, 5) is 50.7. The van der Waals surface area contributed by atoms with Gasteiger partial charge >= 0.3 is 5.97 Å². The fraction of sp³-hybridized carbons (Fsp3) is 0.733. The van der Waals surface area contributed by atoms with Gasteiger partial charge in [0.1, 0.15) is 5.78 Å². The van der Waals surface area contributed by atoms with Crippen LogP contribution in [0.3, 0.4) is 0 Å². The van der Waals surface area contributed by atoms with Crippen LogP contribution in [0.25, 0.3) is 0 Å². The molecule has 0 amide bonds. The largest absolute Gasteiger partial charge is 0.481 e. The van der Waals surface area contributed by atoms with Crippen molar-refractivity contribution in [3.8, 4) is 0 Å². The smallest absolute Gasteiger partial charge is 0.306 e. The van der Waals surface area contributed by atoms with Gasteiger partial charge in [0, 0.05) is 41.1 Å². The van der Waals surface area contributed by atoms with Crippen molar-refractivity contribution in [3.63, 3.8) is 0 Å². The van der Waals surface area contributed by atoms with E-state index in [2.05, 4.69) is 6.92 Å². The van der Waals surface area contributed by atoms with Crippen molar-refractivity contribution in [1.29, 1.82) is 0 Å². The first-order valence-electron chi connectivity index (χ1n) is 13.5. The van der Waals surface area contributed by atoms with Gasteiger partial charge in [0.05, 0.1) is 18.1 Å². The molecule has 8 atom stereocenters. The Hall–Kier alpha value is -2.12. The molecule has 37 heavy (non-hydrogen) atoms. The lowest BCUT2D eigenvalue weighted by molar-refractivity contribution is -0.145. The number of carbonyl (C=O) groups excluding carboxylic acids is 3. The number of carboxylic acid groups (broad SMARTS) is 1. The molecule has 4 rings (SSSR count). The van der Waals surface area contributed by atoms with Crippen LogP contribution in [-0.4, -0.2) is 50.8 Å². The van der Waals surface area contributed by atoms with Crippen LogP contribution in [0, 0.1) is 39.4 Å². The molecule has 0 aromatic carbocycles. The van der Waals surface area contributed by atoms with Crippen LogP contribution < -0.4 is 0 Å². The average Bonchev–Trinajstić information content (AvgIpc) is 2.99. The van der Waals surface area contributed by atoms with Crippen LogP contribution in [0.1, 0.15) is 87.0 Å². The van der Waals surface area contributed by atoms with Gasteiger partial charge in [-0.1, -0.05) is 47.1 Å². The third-order valence-electron chi connectivity index (χ3n) is 11.2. The molecular weight excluding hydrogens is 472 g/mol. The summed E-state index contributed by atoms with van der Waals surface area (Å²) in [5, 5.41) is 32.4. The molecule has 0 aromatic heterocycles. The molecule has 8 unspecified atom stereocenters. The van der Waals surface area contributed by atoms with E-state index in [-0.39, 0.29) is 42.0 Å². The summed E-state index contributed by atoms with van der Waals surface area (Å²) in [6.07, 6.45) is 1.42. The second kappa shape index (κ2) is 8.70. The zero-order valence-electron chi connectivity index (χ0n) is 23.2. The minimum atomic E-state index is -1.03. The summed E-state index contributed by atoms with van der Waals surface area (Å²) in [7, 11) is 0. The lowest BCUT2D eigenvalue weighted by Gasteiger charge is -2.61. The second-order valence-corrected chi connectivity index (χ2v) is 13.5. The summed E-state index contributed by atoms with van der Waals surface area (Å²) in [5.74, 6) is -2.44. The second-order valence-electron chi connectivity index (χ2n) is 13.5. The maximum atomic E-state index is 14.0. The van der Waals surface area contributed by atoms with Gasteiger partial charge in [0.25, 0.3) is 0 Å². The number of hydrogen-bond acceptors (Lipinski definition) is 6. The number of rotatable bonds is 5. The van der Waals surface area contributed by atoms with Crippen LogP contribution in [0.2, 0.25) is 0 Å². The molecule has 7 heteroatoms. The monoisotopic (exact) mass is 514 g/mol. The molecular formula is C30H42O7. The Morgan fingerprint density at radius 1 is 1.08 bits per heavy atom. The van der Waals surface area contributed by atoms with Crippen molar-refractivity contribution in [2.45, 2.75) is 99.2 Å². The number of allylic oxidation sites excluding steroid dienone is 3. The third-order valence-corrected chi connectivity index (χ3v) is 11.2. The number of carbonyl (C=O) groups is 4. The van der Waals surface area contributed by atoms with Gasteiger partial charge in [-0.3, -0.25) is 19.2 Å². The number of aliphatic carboxylic acids is 1. The van der Waals surface area contributed by atoms with E-state index in [1.165, 1.54) is 13.0 Å². The highest BCUT2D eigenvalue weighted by Crippen LogP contribution is 2.71. The fourth-order valence-corrected chi connectivity index (χ4v) is 8.77. The lowest BCUT2D eigenvalue weighted by Crippen LogP contribution is -2.60. The Bertz CT molecular complexity index is 1130. The highest BCUT2D eigenvalue weighted by Gasteiger charge is 2.69. The van der Waals surface area contributed by atoms with Crippen LogP contribution in [0.15, 0.2) is 22.8 Å². The maximum Gasteiger partial charge on any atom is 0.306 e. The Morgan fingerprint density at radius 3 is 2.30 bits per heavy atom. The number of Topliss-reactive ketones (excluding diaryl/α,β-unsaturated/α-hetero) is 2. The predicted molar refractivity (Wildman–Crippen MR) is 137 cm³/mol. The number of aliphatic hydroxyl groups is 2. The van der Waals surface area contributed by atoms with E-state index in [0.717, 1.165) is 5.57 Å². The van der Waals surface area contributed by atoms with Crippen LogP contribution in [-0.2, 0) is 19.2 Å². The van der Waals surface area contributed by atoms with E-state index in [9.17, 15) is 29.4 Å². The molecule has 2 fully saturated rings. The van der Waals surface area contributed by atoms with Crippen molar-refractivity contribution in [1.82, 2.24) is 0 Å². The Morgan fingerprint density at radius 2 is 1.70 bits per heavy atom. The molecule has 2 saturated carbocycles. The standard InChI is InChI=1S/C30H42O7/c1-15(10-17(31)11-16(2)26(36)37)18-12-23(35)30(7)25-19(32)13-21-27(3,4)22(34)8-9-28(21,5)24(25)20(33)14-29(18,30)6/h10,16,18-19,21,23,32,35H,8-9,11-14H2,1-7H3,(H,36,37)/b15-10-. The van der Waals surface area contributed by atoms with E-state index in [4.69, 9.17) is 5.11 Å². The first-order chi connectivity index (χ1) is 16.9. The molecule has 4 aliphatic carbocycles.